The van der Waals surface area contributed by atoms with Crippen molar-refractivity contribution in [1.29, 1.82) is 0 Å². The van der Waals surface area contributed by atoms with Gasteiger partial charge in [0.15, 0.2) is 5.82 Å². The first-order valence-electron chi connectivity index (χ1n) is 12.5. The molecule has 33 heavy (non-hydrogen) atoms. The topological polar surface area (TPSA) is 65.8 Å². The van der Waals surface area contributed by atoms with Gasteiger partial charge in [-0.25, -0.2) is 4.98 Å². The van der Waals surface area contributed by atoms with Crippen molar-refractivity contribution < 1.29 is 4.79 Å². The molecule has 3 aromatic rings. The van der Waals surface area contributed by atoms with Crippen LogP contribution in [0.4, 0.5) is 10.9 Å². The maximum Gasteiger partial charge on any atom is 0.225 e. The highest BCUT2D eigenvalue weighted by atomic mass is 32.1. The quantitative estimate of drug-likeness (QED) is 0.595. The number of carbonyl (C=O) groups is 1. The molecule has 0 bridgehead atoms. The number of aromatic nitrogens is 3. The molecule has 8 heteroatoms. The van der Waals surface area contributed by atoms with E-state index in [-0.39, 0.29) is 5.92 Å². The molecular weight excluding hydrogens is 432 g/mol. The molecule has 7 nitrogen and oxygen atoms in total. The average molecular weight is 465 g/mol. The van der Waals surface area contributed by atoms with Crippen LogP contribution in [0.25, 0.3) is 16.2 Å². The molecule has 2 aromatic heterocycles. The number of nitrogens with one attached hydrogen (secondary N) is 1. The molecule has 6 rings (SSSR count). The minimum Gasteiger partial charge on any atom is -0.365 e. The summed E-state index contributed by atoms with van der Waals surface area (Å²) < 4.78 is 2.01. The van der Waals surface area contributed by atoms with E-state index < -0.39 is 0 Å². The average Bonchev–Trinajstić information content (AvgIpc) is 3.66. The van der Waals surface area contributed by atoms with E-state index in [2.05, 4.69) is 39.4 Å². The molecule has 1 aliphatic heterocycles. The Hall–Kier alpha value is -2.61. The largest absolute Gasteiger partial charge is 0.365 e. The second-order valence-corrected chi connectivity index (χ2v) is 10.6. The van der Waals surface area contributed by atoms with Gasteiger partial charge in [0, 0.05) is 43.7 Å². The predicted octanol–water partition coefficient (Wildman–Crippen LogP) is 4.65. The summed E-state index contributed by atoms with van der Waals surface area (Å²) in [6.45, 7) is 3.26. The van der Waals surface area contributed by atoms with E-state index in [1.54, 1.807) is 11.3 Å². The second kappa shape index (κ2) is 8.97. The summed E-state index contributed by atoms with van der Waals surface area (Å²) in [4.78, 5) is 23.1. The second-order valence-electron chi connectivity index (χ2n) is 9.67. The van der Waals surface area contributed by atoms with Crippen LogP contribution in [0.3, 0.4) is 0 Å². The summed E-state index contributed by atoms with van der Waals surface area (Å²) >= 11 is 1.65. The van der Waals surface area contributed by atoms with Crippen LogP contribution in [0, 0.1) is 5.92 Å². The van der Waals surface area contributed by atoms with Crippen LogP contribution >= 0.6 is 11.3 Å². The van der Waals surface area contributed by atoms with Crippen molar-refractivity contribution in [1.82, 2.24) is 19.5 Å². The Labute approximate surface area is 198 Å². The number of hydrogen-bond donors (Lipinski definition) is 1. The molecule has 1 amide bonds. The molecule has 3 aliphatic rings. The van der Waals surface area contributed by atoms with E-state index in [1.165, 1.54) is 38.5 Å². The number of amides is 1. The van der Waals surface area contributed by atoms with E-state index in [9.17, 15) is 4.79 Å². The van der Waals surface area contributed by atoms with Gasteiger partial charge in [-0.1, -0.05) is 67.4 Å². The Balaban J connectivity index is 1.23. The van der Waals surface area contributed by atoms with Gasteiger partial charge in [-0.2, -0.15) is 4.52 Å². The number of piperazine rings is 1. The molecular formula is C25H32N6OS. The lowest BCUT2D eigenvalue weighted by Crippen LogP contribution is -2.50. The molecule has 3 fully saturated rings. The highest BCUT2D eigenvalue weighted by Crippen LogP contribution is 2.35. The third kappa shape index (κ3) is 4.09. The maximum absolute atomic E-state index is 12.8. The summed E-state index contributed by atoms with van der Waals surface area (Å²) in [6.07, 6.45) is 9.53. The van der Waals surface area contributed by atoms with Crippen molar-refractivity contribution in [3.8, 4) is 11.3 Å². The van der Waals surface area contributed by atoms with Crippen molar-refractivity contribution in [3.63, 3.8) is 0 Å². The van der Waals surface area contributed by atoms with Crippen LogP contribution in [-0.4, -0.2) is 57.6 Å². The summed E-state index contributed by atoms with van der Waals surface area (Å²) in [6, 6.07) is 10.9. The zero-order valence-corrected chi connectivity index (χ0v) is 19.9. The van der Waals surface area contributed by atoms with Gasteiger partial charge in [0.25, 0.3) is 0 Å². The van der Waals surface area contributed by atoms with Gasteiger partial charge in [-0.05, 0) is 25.7 Å². The summed E-state index contributed by atoms with van der Waals surface area (Å²) in [5.74, 6) is 1.65. The number of rotatable bonds is 5. The Morgan fingerprint density at radius 2 is 1.64 bits per heavy atom. The molecule has 3 heterocycles. The monoisotopic (exact) mass is 464 g/mol. The fourth-order valence-electron chi connectivity index (χ4n) is 5.61. The number of fused-ring (bicyclic) bond motifs is 1. The van der Waals surface area contributed by atoms with Crippen LogP contribution in [0.5, 0.6) is 0 Å². The Morgan fingerprint density at radius 1 is 0.939 bits per heavy atom. The van der Waals surface area contributed by atoms with E-state index in [0.717, 1.165) is 66.2 Å². The van der Waals surface area contributed by atoms with Crippen molar-refractivity contribution in [2.75, 3.05) is 36.4 Å². The van der Waals surface area contributed by atoms with E-state index in [4.69, 9.17) is 10.1 Å². The van der Waals surface area contributed by atoms with Crippen LogP contribution < -0.4 is 10.2 Å². The standard InChI is InChI=1S/C25H32N6OS/c32-23(19-10-4-5-11-19)29-14-16-30(17-15-29)25-28-31-22(26-20-12-6-7-13-20)21(27-24(31)33-25)18-8-2-1-3-9-18/h1-3,8-9,19-20,26H,4-7,10-17H2. The Bertz CT molecular complexity index is 1100. The first-order chi connectivity index (χ1) is 16.3. The predicted molar refractivity (Wildman–Crippen MR) is 133 cm³/mol. The van der Waals surface area contributed by atoms with Crippen molar-refractivity contribution in [3.05, 3.63) is 30.3 Å². The molecule has 0 radical (unpaired) electrons. The number of hydrogen-bond acceptors (Lipinski definition) is 6. The normalized spacial score (nSPS) is 20.2. The van der Waals surface area contributed by atoms with Crippen LogP contribution in [-0.2, 0) is 4.79 Å². The molecule has 0 atom stereocenters. The van der Waals surface area contributed by atoms with Gasteiger partial charge in [0.05, 0.1) is 0 Å². The van der Waals surface area contributed by atoms with Gasteiger partial charge >= 0.3 is 0 Å². The molecule has 2 saturated carbocycles. The minimum absolute atomic E-state index is 0.264. The smallest absolute Gasteiger partial charge is 0.225 e. The minimum atomic E-state index is 0.264. The van der Waals surface area contributed by atoms with E-state index >= 15 is 0 Å². The SMILES string of the molecule is O=C(C1CCCC1)N1CCN(c2nn3c(NC4CCCC4)c(-c4ccccc4)nc3s2)CC1. The third-order valence-electron chi connectivity index (χ3n) is 7.50. The highest BCUT2D eigenvalue weighted by Gasteiger charge is 2.31. The lowest BCUT2D eigenvalue weighted by molar-refractivity contribution is -0.135. The summed E-state index contributed by atoms with van der Waals surface area (Å²) in [5, 5.41) is 9.78. The molecule has 1 N–H and O–H groups in total. The van der Waals surface area contributed by atoms with Crippen LogP contribution in [0.2, 0.25) is 0 Å². The van der Waals surface area contributed by atoms with E-state index in [1.807, 2.05) is 10.6 Å². The number of benzene rings is 1. The fraction of sp³-hybridized carbons (Fsp3) is 0.560. The first kappa shape index (κ1) is 21.0. The van der Waals surface area contributed by atoms with Gasteiger partial charge in [0.1, 0.15) is 5.69 Å². The Morgan fingerprint density at radius 3 is 2.36 bits per heavy atom. The molecule has 1 saturated heterocycles. The third-order valence-corrected chi connectivity index (χ3v) is 8.47. The number of carbonyl (C=O) groups excluding carboxylic acids is 1. The molecule has 2 aliphatic carbocycles. The fourth-order valence-corrected chi connectivity index (χ4v) is 6.56. The Kier molecular flexibility index (Phi) is 5.70. The van der Waals surface area contributed by atoms with Gasteiger partial charge in [0.2, 0.25) is 16.0 Å². The van der Waals surface area contributed by atoms with Crippen molar-refractivity contribution >= 4 is 33.2 Å². The lowest BCUT2D eigenvalue weighted by atomic mass is 10.1. The van der Waals surface area contributed by atoms with Gasteiger partial charge in [-0.3, -0.25) is 4.79 Å². The van der Waals surface area contributed by atoms with Gasteiger partial charge < -0.3 is 15.1 Å². The zero-order chi connectivity index (χ0) is 22.2. The number of nitrogens with zero attached hydrogens (tertiary/aromatic N) is 5. The van der Waals surface area contributed by atoms with Gasteiger partial charge in [-0.15, -0.1) is 5.10 Å². The zero-order valence-electron chi connectivity index (χ0n) is 19.1. The highest BCUT2D eigenvalue weighted by molar-refractivity contribution is 7.20. The molecule has 1 aromatic carbocycles. The van der Waals surface area contributed by atoms with Crippen molar-refractivity contribution in [2.24, 2.45) is 5.92 Å². The summed E-state index contributed by atoms with van der Waals surface area (Å²) in [7, 11) is 0. The summed E-state index contributed by atoms with van der Waals surface area (Å²) in [5.41, 5.74) is 2.11. The van der Waals surface area contributed by atoms with Crippen LogP contribution in [0.1, 0.15) is 51.4 Å². The molecule has 174 valence electrons. The maximum atomic E-state index is 12.8. The van der Waals surface area contributed by atoms with Crippen molar-refractivity contribution in [2.45, 2.75) is 57.4 Å². The molecule has 0 unspecified atom stereocenters. The van der Waals surface area contributed by atoms with Crippen LogP contribution in [0.15, 0.2) is 30.3 Å². The first-order valence-corrected chi connectivity index (χ1v) is 13.3. The molecule has 0 spiro atoms. The van der Waals surface area contributed by atoms with E-state index in [0.29, 0.717) is 11.9 Å². The number of imidazole rings is 1. The number of anilines is 2. The lowest BCUT2D eigenvalue weighted by Gasteiger charge is -2.35.